The lowest BCUT2D eigenvalue weighted by Gasteiger charge is -2.24. The molecule has 8 heteroatoms. The molecule has 4 N–H and O–H groups in total. The largest absolute Gasteiger partial charge is 0.416 e. The first-order valence-electron chi connectivity index (χ1n) is 10.6. The monoisotopic (exact) mass is 421 g/mol. The zero-order valence-corrected chi connectivity index (χ0v) is 17.3. The molecule has 1 saturated heterocycles. The van der Waals surface area contributed by atoms with Crippen molar-refractivity contribution in [1.82, 2.24) is 10.2 Å². The van der Waals surface area contributed by atoms with Gasteiger partial charge in [-0.05, 0) is 49.3 Å². The number of benzene rings is 1. The lowest BCUT2D eigenvalue weighted by molar-refractivity contribution is -0.138. The zero-order valence-electron chi connectivity index (χ0n) is 17.3. The van der Waals surface area contributed by atoms with Crippen molar-refractivity contribution in [2.45, 2.75) is 63.8 Å². The first-order chi connectivity index (χ1) is 14.3. The standard InChI is InChI=1S/C22H30F3N5/c1-2-3-4-5-6-8-15-10-11-16(13-17(15)22(23,24)25)20-28-14-18(29-20)19-9-7-12-30(19)21(26)27/h4-5,10-11,13,19-20,28H,2-3,6-9,12,14H2,1H3,(H3,26,27)/b5-4+. The van der Waals surface area contributed by atoms with Crippen molar-refractivity contribution in [1.29, 1.82) is 5.41 Å². The van der Waals surface area contributed by atoms with Crippen molar-refractivity contribution in [3.05, 3.63) is 47.0 Å². The van der Waals surface area contributed by atoms with E-state index < -0.39 is 17.9 Å². The van der Waals surface area contributed by atoms with E-state index in [1.807, 2.05) is 12.2 Å². The Morgan fingerprint density at radius 3 is 2.80 bits per heavy atom. The summed E-state index contributed by atoms with van der Waals surface area (Å²) in [5, 5.41) is 10.9. The van der Waals surface area contributed by atoms with Crippen LogP contribution in [0.5, 0.6) is 0 Å². The number of nitrogens with zero attached hydrogens (tertiary/aromatic N) is 2. The molecule has 0 spiro atoms. The second-order valence-electron chi connectivity index (χ2n) is 7.85. The number of halogens is 3. The van der Waals surface area contributed by atoms with Crippen molar-refractivity contribution in [3.63, 3.8) is 0 Å². The molecule has 2 unspecified atom stereocenters. The fraction of sp³-hybridized carbons (Fsp3) is 0.545. The Kier molecular flexibility index (Phi) is 7.18. The molecule has 5 nitrogen and oxygen atoms in total. The van der Waals surface area contributed by atoms with Crippen LogP contribution >= 0.6 is 0 Å². The van der Waals surface area contributed by atoms with Gasteiger partial charge in [-0.1, -0.05) is 37.6 Å². The van der Waals surface area contributed by atoms with E-state index in [2.05, 4.69) is 17.2 Å². The summed E-state index contributed by atoms with van der Waals surface area (Å²) in [5.74, 6) is 0.0142. The van der Waals surface area contributed by atoms with Crippen LogP contribution in [0.4, 0.5) is 13.2 Å². The van der Waals surface area contributed by atoms with E-state index in [0.29, 0.717) is 37.1 Å². The molecule has 1 aromatic rings. The second kappa shape index (κ2) is 9.64. The summed E-state index contributed by atoms with van der Waals surface area (Å²) in [7, 11) is 0. The van der Waals surface area contributed by atoms with E-state index in [9.17, 15) is 13.2 Å². The van der Waals surface area contributed by atoms with Gasteiger partial charge in [-0.3, -0.25) is 15.7 Å². The predicted molar refractivity (Wildman–Crippen MR) is 114 cm³/mol. The van der Waals surface area contributed by atoms with Gasteiger partial charge in [0.05, 0.1) is 17.3 Å². The molecule has 2 heterocycles. The number of allylic oxidation sites excluding steroid dienone is 2. The number of hydrogen-bond donors (Lipinski definition) is 3. The van der Waals surface area contributed by atoms with E-state index in [1.165, 1.54) is 6.07 Å². The van der Waals surface area contributed by atoms with Gasteiger partial charge in [-0.2, -0.15) is 13.2 Å². The Bertz CT molecular complexity index is 815. The van der Waals surface area contributed by atoms with Crippen LogP contribution in [-0.4, -0.2) is 35.7 Å². The Morgan fingerprint density at radius 1 is 1.33 bits per heavy atom. The van der Waals surface area contributed by atoms with Crippen molar-refractivity contribution < 1.29 is 13.2 Å². The number of aliphatic imine (C=N–C) groups is 1. The Morgan fingerprint density at radius 2 is 2.10 bits per heavy atom. The number of alkyl halides is 3. The van der Waals surface area contributed by atoms with Crippen LogP contribution < -0.4 is 11.1 Å². The van der Waals surface area contributed by atoms with Gasteiger partial charge in [-0.25, -0.2) is 0 Å². The van der Waals surface area contributed by atoms with E-state index in [0.717, 1.165) is 31.4 Å². The highest BCUT2D eigenvalue weighted by Gasteiger charge is 2.36. The fourth-order valence-electron chi connectivity index (χ4n) is 4.14. The van der Waals surface area contributed by atoms with Crippen LogP contribution in [0.3, 0.4) is 0 Å². The first-order valence-corrected chi connectivity index (χ1v) is 10.6. The fourth-order valence-corrected chi connectivity index (χ4v) is 4.14. The maximum Gasteiger partial charge on any atom is 0.416 e. The van der Waals surface area contributed by atoms with E-state index in [1.54, 1.807) is 17.0 Å². The third kappa shape index (κ3) is 5.22. The van der Waals surface area contributed by atoms with Gasteiger partial charge >= 0.3 is 6.18 Å². The van der Waals surface area contributed by atoms with Crippen LogP contribution in [0.15, 0.2) is 35.3 Å². The van der Waals surface area contributed by atoms with Crippen molar-refractivity contribution in [3.8, 4) is 0 Å². The number of nitrogens with two attached hydrogens (primary N) is 1. The van der Waals surface area contributed by atoms with Gasteiger partial charge in [0, 0.05) is 13.1 Å². The minimum Gasteiger partial charge on any atom is -0.370 e. The SMILES string of the molecule is CCC/C=C/CCc1ccc(C2N=C(C3CCCN3C(=N)N)CN2)cc1C(F)(F)F. The first kappa shape index (κ1) is 22.3. The number of likely N-dealkylation sites (tertiary alicyclic amines) is 1. The molecule has 0 radical (unpaired) electrons. The quantitative estimate of drug-likeness (QED) is 0.347. The molecule has 0 bridgehead atoms. The topological polar surface area (TPSA) is 77.5 Å². The Hall–Kier alpha value is -2.35. The number of nitrogens with one attached hydrogen (secondary N) is 2. The molecule has 2 atom stereocenters. The average Bonchev–Trinajstić information content (AvgIpc) is 3.36. The summed E-state index contributed by atoms with van der Waals surface area (Å²) in [6, 6.07) is 4.50. The molecule has 0 amide bonds. The maximum absolute atomic E-state index is 13.7. The molecule has 0 aliphatic carbocycles. The van der Waals surface area contributed by atoms with Crippen LogP contribution in [0.2, 0.25) is 0 Å². The molecule has 1 fully saturated rings. The van der Waals surface area contributed by atoms with Crippen LogP contribution in [0.25, 0.3) is 0 Å². The Balaban J connectivity index is 1.78. The van der Waals surface area contributed by atoms with Crippen molar-refractivity contribution in [2.75, 3.05) is 13.1 Å². The lowest BCUT2D eigenvalue weighted by atomic mass is 9.98. The molecular weight excluding hydrogens is 391 g/mol. The maximum atomic E-state index is 13.7. The zero-order chi connectivity index (χ0) is 21.7. The molecule has 0 aromatic heterocycles. The predicted octanol–water partition coefficient (Wildman–Crippen LogP) is 4.39. The number of unbranched alkanes of at least 4 members (excludes halogenated alkanes) is 1. The molecule has 2 aliphatic heterocycles. The molecule has 1 aromatic carbocycles. The number of guanidine groups is 1. The molecule has 0 saturated carbocycles. The van der Waals surface area contributed by atoms with Crippen molar-refractivity contribution >= 4 is 11.7 Å². The second-order valence-corrected chi connectivity index (χ2v) is 7.85. The molecule has 3 rings (SSSR count). The Labute approximate surface area is 175 Å². The number of hydrogen-bond acceptors (Lipinski definition) is 3. The van der Waals surface area contributed by atoms with Gasteiger partial charge < -0.3 is 10.6 Å². The number of rotatable bonds is 7. The van der Waals surface area contributed by atoms with Crippen LogP contribution in [0, 0.1) is 5.41 Å². The third-order valence-electron chi connectivity index (χ3n) is 5.68. The average molecular weight is 422 g/mol. The van der Waals surface area contributed by atoms with Gasteiger partial charge in [0.2, 0.25) is 0 Å². The molecule has 164 valence electrons. The van der Waals surface area contributed by atoms with Gasteiger partial charge in [-0.15, -0.1) is 0 Å². The summed E-state index contributed by atoms with van der Waals surface area (Å²) >= 11 is 0. The molecule has 2 aliphatic rings. The van der Waals surface area contributed by atoms with Gasteiger partial charge in [0.1, 0.15) is 6.17 Å². The highest BCUT2D eigenvalue weighted by molar-refractivity contribution is 5.96. The summed E-state index contributed by atoms with van der Waals surface area (Å²) in [4.78, 5) is 6.46. The minimum absolute atomic E-state index is 0.0142. The highest BCUT2D eigenvalue weighted by atomic mass is 19.4. The smallest absolute Gasteiger partial charge is 0.370 e. The van der Waals surface area contributed by atoms with Crippen molar-refractivity contribution in [2.24, 2.45) is 10.7 Å². The summed E-state index contributed by atoms with van der Waals surface area (Å²) < 4.78 is 41.1. The highest BCUT2D eigenvalue weighted by Crippen LogP contribution is 2.35. The lowest BCUT2D eigenvalue weighted by Crippen LogP contribution is -2.45. The summed E-state index contributed by atoms with van der Waals surface area (Å²) in [5.41, 5.74) is 6.75. The van der Waals surface area contributed by atoms with Crippen LogP contribution in [0.1, 0.15) is 61.9 Å². The minimum atomic E-state index is -4.40. The van der Waals surface area contributed by atoms with Gasteiger partial charge in [0.25, 0.3) is 0 Å². The number of aryl methyl sites for hydroxylation is 1. The van der Waals surface area contributed by atoms with E-state index >= 15 is 0 Å². The molecule has 30 heavy (non-hydrogen) atoms. The van der Waals surface area contributed by atoms with Gasteiger partial charge in [0.15, 0.2) is 5.96 Å². The van der Waals surface area contributed by atoms with E-state index in [-0.39, 0.29) is 12.0 Å². The van der Waals surface area contributed by atoms with Crippen LogP contribution in [-0.2, 0) is 12.6 Å². The normalized spacial score (nSPS) is 22.1. The summed E-state index contributed by atoms with van der Waals surface area (Å²) in [6.45, 7) is 3.27. The third-order valence-corrected chi connectivity index (χ3v) is 5.68. The summed E-state index contributed by atoms with van der Waals surface area (Å²) in [6.07, 6.45) is 3.77. The van der Waals surface area contributed by atoms with E-state index in [4.69, 9.17) is 11.1 Å². The molecular formula is C22H30F3N5.